The summed E-state index contributed by atoms with van der Waals surface area (Å²) in [4.78, 5) is 17.9. The molecule has 8 unspecified atom stereocenters. The summed E-state index contributed by atoms with van der Waals surface area (Å²) in [5, 5.41) is 33.5. The third-order valence-electron chi connectivity index (χ3n) is 8.83. The summed E-state index contributed by atoms with van der Waals surface area (Å²) >= 11 is 0. The normalized spacial score (nSPS) is 49.3. The van der Waals surface area contributed by atoms with Crippen LogP contribution in [0.1, 0.15) is 81.1 Å². The molecule has 0 aromatic carbocycles. The Morgan fingerprint density at radius 2 is 1.74 bits per heavy atom. The molecule has 0 aromatic heterocycles. The molecule has 2 bridgehead atoms. The van der Waals surface area contributed by atoms with Crippen molar-refractivity contribution in [2.24, 2.45) is 34.4 Å². The molecule has 2 saturated heterocycles. The van der Waals surface area contributed by atoms with Gasteiger partial charge in [0.1, 0.15) is 17.8 Å². The first-order valence-corrected chi connectivity index (χ1v) is 14.3. The molecule has 0 saturated carbocycles. The van der Waals surface area contributed by atoms with Crippen LogP contribution in [0.25, 0.3) is 0 Å². The molecule has 0 radical (unpaired) electrons. The maximum absolute atomic E-state index is 13.2. The van der Waals surface area contributed by atoms with Crippen LogP contribution in [-0.2, 0) is 23.7 Å². The highest BCUT2D eigenvalue weighted by molar-refractivity contribution is 5.80. The van der Waals surface area contributed by atoms with Gasteiger partial charge in [-0.1, -0.05) is 27.7 Å². The molecule has 0 aromatic rings. The van der Waals surface area contributed by atoms with Crippen LogP contribution >= 0.6 is 0 Å². The molecule has 0 aliphatic carbocycles. The second-order valence-electron chi connectivity index (χ2n) is 12.2. The zero-order valence-electron chi connectivity index (χ0n) is 24.2. The Kier molecular flexibility index (Phi) is 10.3. The van der Waals surface area contributed by atoms with Crippen LogP contribution in [0.2, 0.25) is 0 Å². The maximum Gasteiger partial charge on any atom is 0.311 e. The molecule has 0 spiro atoms. The van der Waals surface area contributed by atoms with E-state index in [-0.39, 0.29) is 24.0 Å². The minimum absolute atomic E-state index is 0.0155. The first-order valence-electron chi connectivity index (χ1n) is 14.3. The molecule has 3 aliphatic heterocycles. The van der Waals surface area contributed by atoms with Crippen molar-refractivity contribution in [1.29, 1.82) is 0 Å². The number of hydrogen-bond donors (Lipinski definition) is 4. The molecule has 2 fully saturated rings. The summed E-state index contributed by atoms with van der Waals surface area (Å²) < 4.78 is 24.3. The van der Waals surface area contributed by atoms with Gasteiger partial charge in [0.05, 0.1) is 30.3 Å². The first kappa shape index (κ1) is 31.2. The van der Waals surface area contributed by atoms with Crippen molar-refractivity contribution in [2.45, 2.75) is 142 Å². The molecule has 14 atom stereocenters. The van der Waals surface area contributed by atoms with Gasteiger partial charge in [0.25, 0.3) is 0 Å². The Bertz CT molecular complexity index is 838. The molecule has 3 rings (SSSR count). The predicted molar refractivity (Wildman–Crippen MR) is 142 cm³/mol. The topological polar surface area (TPSA) is 153 Å². The van der Waals surface area contributed by atoms with Crippen LogP contribution in [0, 0.1) is 23.7 Å². The predicted octanol–water partition coefficient (Wildman–Crippen LogP) is 2.15. The summed E-state index contributed by atoms with van der Waals surface area (Å²) in [6.07, 6.45) is -2.95. The molecule has 10 nitrogen and oxygen atoms in total. The van der Waals surface area contributed by atoms with Crippen molar-refractivity contribution in [2.75, 3.05) is 0 Å². The number of nitrogens with two attached hydrogens (primary N) is 1. The van der Waals surface area contributed by atoms with Crippen molar-refractivity contribution in [3.05, 3.63) is 0 Å². The number of aliphatic hydroxyl groups is 3. The minimum atomic E-state index is -1.48. The second kappa shape index (κ2) is 12.5. The third-order valence-corrected chi connectivity index (χ3v) is 8.83. The van der Waals surface area contributed by atoms with Gasteiger partial charge in [-0.15, -0.1) is 0 Å². The van der Waals surface area contributed by atoms with Crippen LogP contribution < -0.4 is 5.73 Å². The van der Waals surface area contributed by atoms with Gasteiger partial charge in [0.15, 0.2) is 18.3 Å². The lowest BCUT2D eigenvalue weighted by molar-refractivity contribution is -0.274. The molecule has 5 N–H and O–H groups in total. The maximum atomic E-state index is 13.2. The van der Waals surface area contributed by atoms with E-state index in [1.54, 1.807) is 13.8 Å². The summed E-state index contributed by atoms with van der Waals surface area (Å²) in [6, 6.07) is -0.794. The van der Waals surface area contributed by atoms with Gasteiger partial charge in [-0.2, -0.15) is 0 Å². The number of nitrogens with zero attached hydrogens (tertiary/aromatic N) is 1. The molecular formula is C28H50N2O8. The number of rotatable bonds is 3. The average Bonchev–Trinajstić information content (AvgIpc) is 3.27. The number of esters is 1. The van der Waals surface area contributed by atoms with Gasteiger partial charge < -0.3 is 40.0 Å². The summed E-state index contributed by atoms with van der Waals surface area (Å²) in [7, 11) is 0. The van der Waals surface area contributed by atoms with Gasteiger partial charge in [0, 0.05) is 17.9 Å². The fourth-order valence-corrected chi connectivity index (χ4v) is 6.15. The lowest BCUT2D eigenvalue weighted by Crippen LogP contribution is -2.56. The van der Waals surface area contributed by atoms with Crippen molar-refractivity contribution in [1.82, 2.24) is 0 Å². The Labute approximate surface area is 227 Å². The molecule has 10 heteroatoms. The van der Waals surface area contributed by atoms with Gasteiger partial charge in [-0.05, 0) is 59.3 Å². The van der Waals surface area contributed by atoms with Crippen LogP contribution in [-0.4, -0.2) is 87.8 Å². The quantitative estimate of drug-likeness (QED) is 0.393. The van der Waals surface area contributed by atoms with Gasteiger partial charge in [-0.3, -0.25) is 4.79 Å². The number of ether oxygens (including phenoxy) is 4. The lowest BCUT2D eigenvalue weighted by atomic mass is 9.81. The van der Waals surface area contributed by atoms with E-state index in [9.17, 15) is 20.1 Å². The molecular weight excluding hydrogens is 492 g/mol. The molecule has 3 heterocycles. The zero-order chi connectivity index (χ0) is 28.5. The highest BCUT2D eigenvalue weighted by atomic mass is 16.7. The molecule has 220 valence electrons. The van der Waals surface area contributed by atoms with Crippen LogP contribution in [0.3, 0.4) is 0 Å². The van der Waals surface area contributed by atoms with E-state index in [4.69, 9.17) is 29.7 Å². The van der Waals surface area contributed by atoms with Crippen LogP contribution in [0.4, 0.5) is 0 Å². The van der Waals surface area contributed by atoms with E-state index >= 15 is 0 Å². The zero-order valence-corrected chi connectivity index (χ0v) is 24.2. The Balaban J connectivity index is 1.93. The number of carbonyl (C=O) groups is 1. The van der Waals surface area contributed by atoms with Crippen molar-refractivity contribution in [3.8, 4) is 0 Å². The van der Waals surface area contributed by atoms with Crippen molar-refractivity contribution < 1.29 is 39.1 Å². The van der Waals surface area contributed by atoms with Gasteiger partial charge >= 0.3 is 5.97 Å². The van der Waals surface area contributed by atoms with Crippen molar-refractivity contribution >= 4 is 11.9 Å². The number of cyclic esters (lactones) is 1. The summed E-state index contributed by atoms with van der Waals surface area (Å²) in [5.41, 5.74) is 4.65. The third kappa shape index (κ3) is 6.53. The average molecular weight is 543 g/mol. The highest BCUT2D eigenvalue weighted by Crippen LogP contribution is 2.36. The molecule has 38 heavy (non-hydrogen) atoms. The molecule has 3 aliphatic rings. The smallest absolute Gasteiger partial charge is 0.311 e. The van der Waals surface area contributed by atoms with E-state index in [2.05, 4.69) is 0 Å². The first-order chi connectivity index (χ1) is 17.7. The summed E-state index contributed by atoms with van der Waals surface area (Å²) in [6.45, 7) is 14.7. The monoisotopic (exact) mass is 542 g/mol. The number of aliphatic hydroxyl groups excluding tert-OH is 2. The minimum Gasteiger partial charge on any atom is -0.472 e. The van der Waals surface area contributed by atoms with E-state index in [1.165, 1.54) is 0 Å². The van der Waals surface area contributed by atoms with Crippen LogP contribution in [0.5, 0.6) is 0 Å². The van der Waals surface area contributed by atoms with E-state index in [1.807, 2.05) is 41.5 Å². The Hall–Kier alpha value is -1.30. The Morgan fingerprint density at radius 1 is 1.08 bits per heavy atom. The van der Waals surface area contributed by atoms with E-state index < -0.39 is 66.3 Å². The standard InChI is InChI=1S/C28H50N2O8/c1-9-20-28(8,34)24-18(7)30-25(38-24)14(3)11-10-13(2)23(16(5)21(31)17(6)26(33)36-20)37-27-22(32)19(29)12-15(4)35-27/h13-24,27,31-32,34H,9-12,29H2,1-8H3/t13?,14-,15?,16?,17?,18-,19?,20?,21?,22-,23+,24-,27?,28-/m1/s1. The van der Waals surface area contributed by atoms with Crippen LogP contribution in [0.15, 0.2) is 4.99 Å². The molecule has 0 amide bonds. The number of carbonyl (C=O) groups excluding carboxylic acids is 1. The summed E-state index contributed by atoms with van der Waals surface area (Å²) in [5.74, 6) is -1.50. The number of fused-ring (bicyclic) bond motifs is 2. The number of aliphatic imine (C=N–C) groups is 1. The van der Waals surface area contributed by atoms with Gasteiger partial charge in [-0.25, -0.2) is 4.99 Å². The largest absolute Gasteiger partial charge is 0.472 e. The SMILES string of the molecule is CCC1OC(=O)C(C)C(O)C(C)[C@@H](OC2OC(C)CC(N)[C@H]2O)C(C)CC[C@@H](C)C2=N[C@H](C)[C@@H](O2)[C@]1(C)O. The van der Waals surface area contributed by atoms with Crippen molar-refractivity contribution in [3.63, 3.8) is 0 Å². The van der Waals surface area contributed by atoms with E-state index in [0.717, 1.165) is 6.42 Å². The highest BCUT2D eigenvalue weighted by Gasteiger charge is 2.50. The van der Waals surface area contributed by atoms with E-state index in [0.29, 0.717) is 25.2 Å². The second-order valence-corrected chi connectivity index (χ2v) is 12.2. The fourth-order valence-electron chi connectivity index (χ4n) is 6.15. The number of hydrogen-bond acceptors (Lipinski definition) is 10. The fraction of sp³-hybridized carbons (Fsp3) is 0.929. The Morgan fingerprint density at radius 3 is 2.37 bits per heavy atom. The lowest BCUT2D eigenvalue weighted by Gasteiger charge is -2.42. The van der Waals surface area contributed by atoms with Gasteiger partial charge in [0.2, 0.25) is 0 Å².